The monoisotopic (exact) mass is 853 g/mol. The highest BCUT2D eigenvalue weighted by Crippen LogP contribution is 2.44. The van der Waals surface area contributed by atoms with E-state index in [4.69, 9.17) is 18.9 Å². The second kappa shape index (κ2) is 19.2. The summed E-state index contributed by atoms with van der Waals surface area (Å²) < 4.78 is 22.1. The Kier molecular flexibility index (Phi) is 12.4. The molecule has 0 N–H and O–H groups in total. The van der Waals surface area contributed by atoms with E-state index in [0.29, 0.717) is 0 Å². The minimum atomic E-state index is 0.789. The van der Waals surface area contributed by atoms with Gasteiger partial charge in [-0.2, -0.15) is 0 Å². The predicted octanol–water partition coefficient (Wildman–Crippen LogP) is 14.3. The summed E-state index contributed by atoms with van der Waals surface area (Å²) in [5.41, 5.74) is 13.1. The molecule has 0 unspecified atom stereocenters. The lowest BCUT2D eigenvalue weighted by Crippen LogP contribution is -2.13. The number of nitrogens with zero attached hydrogens (tertiary/aromatic N) is 5. The predicted molar refractivity (Wildman–Crippen MR) is 263 cm³/mol. The summed E-state index contributed by atoms with van der Waals surface area (Å²) in [4.78, 5) is 15.4. The smallest absolute Gasteiger partial charge is 0.119 e. The molecule has 2 heterocycles. The molecular formula is C56H47N5O4. The van der Waals surface area contributed by atoms with Crippen molar-refractivity contribution in [2.75, 3.05) is 43.1 Å². The number of ether oxygens (including phenoxy) is 4. The maximum atomic E-state index is 5.51. The summed E-state index contributed by atoms with van der Waals surface area (Å²) in [5, 5.41) is 0. The average Bonchev–Trinajstić information content (AvgIpc) is 3.38. The molecule has 2 aromatic heterocycles. The van der Waals surface area contributed by atoms with Gasteiger partial charge in [0, 0.05) is 76.0 Å². The van der Waals surface area contributed by atoms with Crippen LogP contribution in [0.4, 0.5) is 51.2 Å². The van der Waals surface area contributed by atoms with E-state index in [1.165, 1.54) is 0 Å². The van der Waals surface area contributed by atoms with Gasteiger partial charge in [-0.15, -0.1) is 0 Å². The lowest BCUT2D eigenvalue weighted by molar-refractivity contribution is 0.414. The number of rotatable bonds is 15. The van der Waals surface area contributed by atoms with Gasteiger partial charge >= 0.3 is 0 Å². The van der Waals surface area contributed by atoms with Gasteiger partial charge in [0.2, 0.25) is 0 Å². The molecule has 0 radical (unpaired) electrons. The molecule has 9 heteroatoms. The first kappa shape index (κ1) is 41.8. The van der Waals surface area contributed by atoms with Gasteiger partial charge in [0.15, 0.2) is 0 Å². The molecule has 9 rings (SSSR count). The number of methoxy groups -OCH3 is 4. The molecule has 0 aliphatic heterocycles. The van der Waals surface area contributed by atoms with Crippen LogP contribution in [0.5, 0.6) is 23.0 Å². The maximum absolute atomic E-state index is 5.51. The average molecular weight is 854 g/mol. The van der Waals surface area contributed by atoms with E-state index in [9.17, 15) is 0 Å². The largest absolute Gasteiger partial charge is 0.497 e. The van der Waals surface area contributed by atoms with Crippen molar-refractivity contribution in [3.63, 3.8) is 0 Å². The van der Waals surface area contributed by atoms with E-state index in [1.807, 2.05) is 97.6 Å². The van der Waals surface area contributed by atoms with Crippen molar-refractivity contribution in [2.45, 2.75) is 0 Å². The van der Waals surface area contributed by atoms with Crippen molar-refractivity contribution in [3.8, 4) is 45.3 Å². The fourth-order valence-corrected chi connectivity index (χ4v) is 7.93. The van der Waals surface area contributed by atoms with Crippen LogP contribution in [-0.2, 0) is 0 Å². The summed E-state index contributed by atoms with van der Waals surface area (Å²) >= 11 is 0. The number of hydrogen-bond acceptors (Lipinski definition) is 9. The third-order valence-corrected chi connectivity index (χ3v) is 11.3. The van der Waals surface area contributed by atoms with E-state index < -0.39 is 0 Å². The lowest BCUT2D eigenvalue weighted by Gasteiger charge is -2.30. The van der Waals surface area contributed by atoms with Crippen LogP contribution in [0.25, 0.3) is 22.3 Å². The third kappa shape index (κ3) is 9.16. The molecule has 0 spiro atoms. The highest BCUT2D eigenvalue weighted by Gasteiger charge is 2.20. The fraction of sp³-hybridized carbons (Fsp3) is 0.0714. The normalized spacial score (nSPS) is 10.8. The highest BCUT2D eigenvalue weighted by molar-refractivity contribution is 5.87. The van der Waals surface area contributed by atoms with Crippen LogP contribution in [0.1, 0.15) is 0 Å². The van der Waals surface area contributed by atoms with Crippen molar-refractivity contribution in [3.05, 3.63) is 213 Å². The van der Waals surface area contributed by atoms with E-state index in [-0.39, 0.29) is 0 Å². The van der Waals surface area contributed by atoms with Gasteiger partial charge in [0.25, 0.3) is 0 Å². The summed E-state index contributed by atoms with van der Waals surface area (Å²) in [7, 11) is 6.72. The Hall–Kier alpha value is -8.56. The number of hydrogen-bond donors (Lipinski definition) is 0. The van der Waals surface area contributed by atoms with Gasteiger partial charge in [0.1, 0.15) is 23.0 Å². The molecular weight excluding hydrogens is 807 g/mol. The van der Waals surface area contributed by atoms with Gasteiger partial charge in [-0.1, -0.05) is 0 Å². The maximum Gasteiger partial charge on any atom is 0.119 e. The molecule has 0 bridgehead atoms. The second-order valence-corrected chi connectivity index (χ2v) is 15.1. The minimum Gasteiger partial charge on any atom is -0.497 e. The van der Waals surface area contributed by atoms with Gasteiger partial charge in [-0.25, -0.2) is 0 Å². The Morgan fingerprint density at radius 1 is 0.246 bits per heavy atom. The van der Waals surface area contributed by atoms with Crippen LogP contribution < -0.4 is 33.6 Å². The molecule has 0 saturated heterocycles. The molecule has 0 saturated carbocycles. The molecule has 9 aromatic rings. The minimum absolute atomic E-state index is 0.789. The van der Waals surface area contributed by atoms with Crippen molar-refractivity contribution >= 4 is 51.2 Å². The SMILES string of the molecule is COc1ccc(N(c2ccc(OC)cc2)c2ccc(N(c3ccc(N(c4ccc(OC)cc4)c4ccc(OC)cc4)cc3)c3cc(-c4ccncc4)cc(-c4ccncc4)c3)cc2)cc1. The molecule has 320 valence electrons. The van der Waals surface area contributed by atoms with Crippen LogP contribution in [0.3, 0.4) is 0 Å². The van der Waals surface area contributed by atoms with E-state index in [0.717, 1.165) is 96.4 Å². The molecule has 0 aliphatic rings. The summed E-state index contributed by atoms with van der Waals surface area (Å²) in [6.45, 7) is 0. The number of pyridine rings is 2. The highest BCUT2D eigenvalue weighted by atomic mass is 16.5. The topological polar surface area (TPSA) is 72.4 Å². The Balaban J connectivity index is 1.19. The molecule has 9 nitrogen and oxygen atoms in total. The van der Waals surface area contributed by atoms with Crippen molar-refractivity contribution in [1.82, 2.24) is 9.97 Å². The second-order valence-electron chi connectivity index (χ2n) is 15.1. The molecule has 0 fully saturated rings. The number of benzene rings is 7. The molecule has 0 atom stereocenters. The van der Waals surface area contributed by atoms with Crippen LogP contribution >= 0.6 is 0 Å². The standard InChI is InChI=1S/C56H47N5O4/c1-62-53-21-13-48(14-22-53)59(49-15-23-54(63-2)24-16-49)44-5-9-46(10-6-44)61(52-38-42(40-29-33-57-34-30-40)37-43(39-52)41-31-35-58-36-32-41)47-11-7-45(8-12-47)60(50-17-25-55(64-3)26-18-50)51-19-27-56(65-4)28-20-51/h5-39H,1-4H3. The Morgan fingerprint density at radius 2 is 0.462 bits per heavy atom. The van der Waals surface area contributed by atoms with E-state index >= 15 is 0 Å². The van der Waals surface area contributed by atoms with Crippen molar-refractivity contribution in [1.29, 1.82) is 0 Å². The Bertz CT molecular complexity index is 2640. The summed E-state index contributed by atoms with van der Waals surface area (Å²) in [6.07, 6.45) is 7.33. The Morgan fingerprint density at radius 3 is 0.692 bits per heavy atom. The van der Waals surface area contributed by atoms with Crippen LogP contribution in [-0.4, -0.2) is 38.4 Å². The van der Waals surface area contributed by atoms with Crippen molar-refractivity contribution < 1.29 is 18.9 Å². The van der Waals surface area contributed by atoms with Crippen LogP contribution in [0.15, 0.2) is 213 Å². The number of anilines is 9. The van der Waals surface area contributed by atoms with Crippen LogP contribution in [0, 0.1) is 0 Å². The molecule has 0 aliphatic carbocycles. The quantitative estimate of drug-likeness (QED) is 0.100. The van der Waals surface area contributed by atoms with Gasteiger partial charge in [-0.3, -0.25) is 9.97 Å². The van der Waals surface area contributed by atoms with Crippen LogP contribution in [0.2, 0.25) is 0 Å². The first-order valence-electron chi connectivity index (χ1n) is 21.1. The third-order valence-electron chi connectivity index (χ3n) is 11.3. The number of aromatic nitrogens is 2. The molecule has 0 amide bonds. The molecule has 7 aromatic carbocycles. The van der Waals surface area contributed by atoms with E-state index in [1.54, 1.807) is 28.4 Å². The zero-order valence-corrected chi connectivity index (χ0v) is 36.6. The lowest BCUT2D eigenvalue weighted by atomic mass is 9.98. The van der Waals surface area contributed by atoms with Crippen molar-refractivity contribution in [2.24, 2.45) is 0 Å². The Labute approximate surface area is 380 Å². The zero-order valence-electron chi connectivity index (χ0n) is 36.6. The van der Waals surface area contributed by atoms with Gasteiger partial charge < -0.3 is 33.6 Å². The first-order valence-corrected chi connectivity index (χ1v) is 21.1. The molecule has 65 heavy (non-hydrogen) atoms. The zero-order chi connectivity index (χ0) is 44.5. The van der Waals surface area contributed by atoms with Gasteiger partial charge in [0.05, 0.1) is 28.4 Å². The first-order chi connectivity index (χ1) is 32.0. The summed E-state index contributed by atoms with van der Waals surface area (Å²) in [5.74, 6) is 3.15. The summed E-state index contributed by atoms with van der Waals surface area (Å²) in [6, 6.07) is 64.6. The van der Waals surface area contributed by atoms with E-state index in [2.05, 4.69) is 140 Å². The van der Waals surface area contributed by atoms with Gasteiger partial charge in [-0.05, 0) is 210 Å². The fourth-order valence-electron chi connectivity index (χ4n) is 7.93.